The van der Waals surface area contributed by atoms with Gasteiger partial charge in [-0.2, -0.15) is 5.10 Å². The Labute approximate surface area is 137 Å². The summed E-state index contributed by atoms with van der Waals surface area (Å²) in [6.07, 6.45) is 10.7. The van der Waals surface area contributed by atoms with Gasteiger partial charge in [0.05, 0.1) is 18.3 Å². The number of aromatic nitrogens is 2. The Bertz CT molecular complexity index is 511. The fraction of sp³-hybridized carbons (Fsp3) is 0.765. The van der Waals surface area contributed by atoms with Crippen LogP contribution in [0.5, 0.6) is 0 Å². The molecule has 2 aliphatic rings. The second kappa shape index (κ2) is 7.93. The van der Waals surface area contributed by atoms with Crippen LogP contribution in [0.1, 0.15) is 57.1 Å². The van der Waals surface area contributed by atoms with Crippen LogP contribution in [-0.2, 0) is 20.8 Å². The Hall–Kier alpha value is -1.40. The van der Waals surface area contributed by atoms with E-state index >= 15 is 0 Å². The van der Waals surface area contributed by atoms with Crippen molar-refractivity contribution in [1.29, 1.82) is 0 Å². The Kier molecular flexibility index (Phi) is 5.67. The van der Waals surface area contributed by atoms with Crippen molar-refractivity contribution in [2.24, 2.45) is 0 Å². The molecule has 0 aromatic carbocycles. The number of hydrogen-bond acceptors (Lipinski definition) is 4. The molecule has 3 rings (SSSR count). The van der Waals surface area contributed by atoms with Crippen molar-refractivity contribution in [2.45, 2.75) is 70.2 Å². The molecule has 0 bridgehead atoms. The van der Waals surface area contributed by atoms with Gasteiger partial charge in [-0.1, -0.05) is 19.3 Å². The van der Waals surface area contributed by atoms with Crippen molar-refractivity contribution >= 4 is 5.91 Å². The van der Waals surface area contributed by atoms with Gasteiger partial charge in [0, 0.05) is 24.9 Å². The molecule has 1 aromatic heterocycles. The standard InChI is InChI=1S/C17H27N3O3/c1-2-20-11-13(10-18-20)17-15(8-9-22-17)19-16(21)12-23-14-6-4-3-5-7-14/h10-11,14-15,17H,2-9,12H2,1H3,(H,19,21)/t15-,17+/m0/s1. The van der Waals surface area contributed by atoms with Crippen LogP contribution in [0.2, 0.25) is 0 Å². The summed E-state index contributed by atoms with van der Waals surface area (Å²) >= 11 is 0. The zero-order valence-corrected chi connectivity index (χ0v) is 13.9. The lowest BCUT2D eigenvalue weighted by atomic mass is 9.98. The first-order chi connectivity index (χ1) is 11.3. The molecule has 0 unspecified atom stereocenters. The summed E-state index contributed by atoms with van der Waals surface area (Å²) in [6.45, 7) is 3.70. The molecular weight excluding hydrogens is 294 g/mol. The highest BCUT2D eigenvalue weighted by atomic mass is 16.5. The molecule has 6 nitrogen and oxygen atoms in total. The molecule has 6 heteroatoms. The van der Waals surface area contributed by atoms with Crippen molar-refractivity contribution in [3.05, 3.63) is 18.0 Å². The zero-order chi connectivity index (χ0) is 16.1. The summed E-state index contributed by atoms with van der Waals surface area (Å²) in [5.74, 6) is -0.0426. The van der Waals surface area contributed by atoms with Crippen LogP contribution in [0.3, 0.4) is 0 Å². The first-order valence-corrected chi connectivity index (χ1v) is 8.81. The van der Waals surface area contributed by atoms with Gasteiger partial charge in [-0.15, -0.1) is 0 Å². The van der Waals surface area contributed by atoms with Gasteiger partial charge >= 0.3 is 0 Å². The van der Waals surface area contributed by atoms with Gasteiger partial charge in [0.15, 0.2) is 0 Å². The van der Waals surface area contributed by atoms with Gasteiger partial charge < -0.3 is 14.8 Å². The molecule has 2 atom stereocenters. The normalized spacial score (nSPS) is 25.6. The molecule has 1 saturated heterocycles. The largest absolute Gasteiger partial charge is 0.371 e. The number of ether oxygens (including phenoxy) is 2. The molecule has 2 heterocycles. The van der Waals surface area contributed by atoms with E-state index < -0.39 is 0 Å². The van der Waals surface area contributed by atoms with Crippen molar-refractivity contribution < 1.29 is 14.3 Å². The van der Waals surface area contributed by atoms with E-state index in [2.05, 4.69) is 10.4 Å². The average molecular weight is 321 g/mol. The molecule has 1 aliphatic carbocycles. The first-order valence-electron chi connectivity index (χ1n) is 8.81. The molecular formula is C17H27N3O3. The number of aryl methyl sites for hydroxylation is 1. The fourth-order valence-corrected chi connectivity index (χ4v) is 3.44. The second-order valence-corrected chi connectivity index (χ2v) is 6.45. The lowest BCUT2D eigenvalue weighted by molar-refractivity contribution is -0.129. The molecule has 0 spiro atoms. The van der Waals surface area contributed by atoms with Crippen molar-refractivity contribution in [2.75, 3.05) is 13.2 Å². The fourth-order valence-electron chi connectivity index (χ4n) is 3.44. The second-order valence-electron chi connectivity index (χ2n) is 6.45. The minimum absolute atomic E-state index is 0.00645. The Morgan fingerprint density at radius 3 is 2.96 bits per heavy atom. The summed E-state index contributed by atoms with van der Waals surface area (Å²) < 4.78 is 13.4. The highest BCUT2D eigenvalue weighted by molar-refractivity contribution is 5.77. The molecule has 128 valence electrons. The van der Waals surface area contributed by atoms with Crippen molar-refractivity contribution in [1.82, 2.24) is 15.1 Å². The zero-order valence-electron chi connectivity index (χ0n) is 13.9. The predicted molar refractivity (Wildman–Crippen MR) is 86.0 cm³/mol. The van der Waals surface area contributed by atoms with Crippen LogP contribution in [0.25, 0.3) is 0 Å². The topological polar surface area (TPSA) is 65.4 Å². The van der Waals surface area contributed by atoms with Crippen molar-refractivity contribution in [3.63, 3.8) is 0 Å². The third-order valence-corrected chi connectivity index (χ3v) is 4.75. The van der Waals surface area contributed by atoms with Crippen LogP contribution < -0.4 is 5.32 Å². The molecule has 1 amide bonds. The molecule has 2 fully saturated rings. The summed E-state index contributed by atoms with van der Waals surface area (Å²) in [6, 6.07) is 0.00645. The van der Waals surface area contributed by atoms with E-state index in [9.17, 15) is 4.79 Å². The quantitative estimate of drug-likeness (QED) is 0.872. The number of amides is 1. The molecule has 1 saturated carbocycles. The van der Waals surface area contributed by atoms with E-state index in [1.165, 1.54) is 19.3 Å². The maximum atomic E-state index is 12.2. The van der Waals surface area contributed by atoms with Crippen LogP contribution in [0, 0.1) is 0 Å². The van der Waals surface area contributed by atoms with Crippen LogP contribution in [0.4, 0.5) is 0 Å². The molecule has 0 radical (unpaired) electrons. The van der Waals surface area contributed by atoms with E-state index in [-0.39, 0.29) is 30.8 Å². The number of carbonyl (C=O) groups is 1. The van der Waals surface area contributed by atoms with Gasteiger partial charge in [-0.3, -0.25) is 9.48 Å². The predicted octanol–water partition coefficient (Wildman–Crippen LogP) is 2.20. The Balaban J connectivity index is 1.48. The molecule has 1 N–H and O–H groups in total. The summed E-state index contributed by atoms with van der Waals surface area (Å²) in [7, 11) is 0. The number of carbonyl (C=O) groups excluding carboxylic acids is 1. The Morgan fingerprint density at radius 1 is 1.39 bits per heavy atom. The van der Waals surface area contributed by atoms with E-state index in [1.807, 2.05) is 24.0 Å². The van der Waals surface area contributed by atoms with E-state index in [4.69, 9.17) is 9.47 Å². The summed E-state index contributed by atoms with van der Waals surface area (Å²) in [5.41, 5.74) is 1.03. The van der Waals surface area contributed by atoms with E-state index in [1.54, 1.807) is 0 Å². The Morgan fingerprint density at radius 2 is 2.22 bits per heavy atom. The minimum Gasteiger partial charge on any atom is -0.371 e. The molecule has 1 aliphatic heterocycles. The van der Waals surface area contributed by atoms with E-state index in [0.29, 0.717) is 6.61 Å². The first kappa shape index (κ1) is 16.5. The van der Waals surface area contributed by atoms with Crippen LogP contribution in [0.15, 0.2) is 12.4 Å². The van der Waals surface area contributed by atoms with Gasteiger partial charge in [0.25, 0.3) is 0 Å². The number of nitrogens with zero attached hydrogens (tertiary/aromatic N) is 2. The third kappa shape index (κ3) is 4.32. The summed E-state index contributed by atoms with van der Waals surface area (Å²) in [4.78, 5) is 12.2. The summed E-state index contributed by atoms with van der Waals surface area (Å²) in [5, 5.41) is 7.36. The smallest absolute Gasteiger partial charge is 0.246 e. The maximum absolute atomic E-state index is 12.2. The third-order valence-electron chi connectivity index (χ3n) is 4.75. The lowest BCUT2D eigenvalue weighted by Gasteiger charge is -2.23. The lowest BCUT2D eigenvalue weighted by Crippen LogP contribution is -2.39. The monoisotopic (exact) mass is 321 g/mol. The molecule has 1 aromatic rings. The molecule has 23 heavy (non-hydrogen) atoms. The maximum Gasteiger partial charge on any atom is 0.246 e. The van der Waals surface area contributed by atoms with Gasteiger partial charge in [0.1, 0.15) is 12.7 Å². The highest BCUT2D eigenvalue weighted by Gasteiger charge is 2.32. The van der Waals surface area contributed by atoms with E-state index in [0.717, 1.165) is 31.4 Å². The number of nitrogens with one attached hydrogen (secondary N) is 1. The SMILES string of the molecule is CCn1cc([C@H]2OCC[C@@H]2NC(=O)COC2CCCCC2)cn1. The van der Waals surface area contributed by atoms with Crippen LogP contribution in [-0.4, -0.2) is 41.0 Å². The highest BCUT2D eigenvalue weighted by Crippen LogP contribution is 2.29. The van der Waals surface area contributed by atoms with Crippen molar-refractivity contribution in [3.8, 4) is 0 Å². The van der Waals surface area contributed by atoms with Gasteiger partial charge in [-0.25, -0.2) is 0 Å². The van der Waals surface area contributed by atoms with Gasteiger partial charge in [0.2, 0.25) is 5.91 Å². The van der Waals surface area contributed by atoms with Crippen LogP contribution >= 0.6 is 0 Å². The number of hydrogen-bond donors (Lipinski definition) is 1. The van der Waals surface area contributed by atoms with Gasteiger partial charge in [-0.05, 0) is 26.2 Å². The average Bonchev–Trinajstić information content (AvgIpc) is 3.22. The number of rotatable bonds is 6. The minimum atomic E-state index is -0.103.